The van der Waals surface area contributed by atoms with Gasteiger partial charge in [-0.2, -0.15) is 0 Å². The first kappa shape index (κ1) is 19.4. The van der Waals surface area contributed by atoms with E-state index in [0.29, 0.717) is 29.7 Å². The van der Waals surface area contributed by atoms with Crippen molar-refractivity contribution < 1.29 is 4.79 Å². The van der Waals surface area contributed by atoms with Crippen molar-refractivity contribution in [3.8, 4) is 0 Å². The molecule has 0 aliphatic heterocycles. The number of benzene rings is 1. The third-order valence-corrected chi connectivity index (χ3v) is 5.26. The number of rotatable bonds is 6. The fourth-order valence-corrected chi connectivity index (χ4v) is 3.17. The van der Waals surface area contributed by atoms with E-state index in [2.05, 4.69) is 0 Å². The zero-order valence-electron chi connectivity index (χ0n) is 15.5. The van der Waals surface area contributed by atoms with E-state index in [1.54, 1.807) is 22.6 Å². The van der Waals surface area contributed by atoms with Crippen molar-refractivity contribution in [1.29, 1.82) is 0 Å². The molecule has 25 heavy (non-hydrogen) atoms. The van der Waals surface area contributed by atoms with Crippen molar-refractivity contribution in [3.05, 3.63) is 40.4 Å². The largest absolute Gasteiger partial charge is 0.335 e. The van der Waals surface area contributed by atoms with Crippen molar-refractivity contribution >= 4 is 28.4 Å². The van der Waals surface area contributed by atoms with Crippen LogP contribution in [0, 0.1) is 5.41 Å². The summed E-state index contributed by atoms with van der Waals surface area (Å²) in [7, 11) is 1.76. The molecule has 1 unspecified atom stereocenters. The van der Waals surface area contributed by atoms with Crippen LogP contribution in [0.25, 0.3) is 10.9 Å². The summed E-state index contributed by atoms with van der Waals surface area (Å²) in [4.78, 5) is 32.1. The van der Waals surface area contributed by atoms with E-state index in [1.165, 1.54) is 0 Å². The van der Waals surface area contributed by atoms with Gasteiger partial charge < -0.3 is 4.90 Å². The molecule has 1 aromatic heterocycles. The van der Waals surface area contributed by atoms with Gasteiger partial charge >= 0.3 is 0 Å². The second-order valence-electron chi connectivity index (χ2n) is 6.89. The third kappa shape index (κ3) is 3.56. The zero-order valence-corrected chi connectivity index (χ0v) is 16.3. The van der Waals surface area contributed by atoms with Crippen molar-refractivity contribution in [3.63, 3.8) is 0 Å². The van der Waals surface area contributed by atoms with Crippen LogP contribution in [0.4, 0.5) is 0 Å². The van der Waals surface area contributed by atoms with Gasteiger partial charge in [0.25, 0.3) is 5.56 Å². The first-order valence-corrected chi connectivity index (χ1v) is 9.14. The number of carbonyl (C=O) groups is 1. The van der Waals surface area contributed by atoms with Crippen LogP contribution in [0.5, 0.6) is 0 Å². The van der Waals surface area contributed by atoms with Crippen molar-refractivity contribution in [2.75, 3.05) is 12.9 Å². The Kier molecular flexibility index (Phi) is 5.88. The number of alkyl halides is 1. The van der Waals surface area contributed by atoms with Gasteiger partial charge in [-0.15, -0.1) is 11.6 Å². The topological polar surface area (TPSA) is 55.2 Å². The highest BCUT2D eigenvalue weighted by molar-refractivity contribution is 6.19. The molecule has 5 nitrogen and oxygen atoms in total. The Morgan fingerprint density at radius 1 is 1.32 bits per heavy atom. The standard InChI is InChI=1S/C19H26ClN3O2/c1-6-15(22(5)18(25)19(3,4)12-20)16-21-14-11-9-8-10-13(14)17(24)23(16)7-2/h8-11,15H,6-7,12H2,1-5H3. The average Bonchev–Trinajstić information content (AvgIpc) is 2.61. The number of fused-ring (bicyclic) bond motifs is 1. The third-order valence-electron chi connectivity index (χ3n) is 4.59. The summed E-state index contributed by atoms with van der Waals surface area (Å²) in [5.41, 5.74) is -0.0835. The average molecular weight is 364 g/mol. The molecule has 0 aliphatic rings. The summed E-state index contributed by atoms with van der Waals surface area (Å²) in [6.07, 6.45) is 0.658. The molecule has 0 saturated heterocycles. The van der Waals surface area contributed by atoms with Crippen molar-refractivity contribution in [2.45, 2.75) is 46.7 Å². The lowest BCUT2D eigenvalue weighted by Gasteiger charge is -2.34. The van der Waals surface area contributed by atoms with Gasteiger partial charge in [-0.25, -0.2) is 4.98 Å². The molecule has 1 amide bonds. The second kappa shape index (κ2) is 7.56. The maximum Gasteiger partial charge on any atom is 0.261 e. The number of aromatic nitrogens is 2. The second-order valence-corrected chi connectivity index (χ2v) is 7.16. The van der Waals surface area contributed by atoms with Crippen LogP contribution in [0.1, 0.15) is 46.0 Å². The van der Waals surface area contributed by atoms with Crippen LogP contribution >= 0.6 is 11.6 Å². The molecule has 2 rings (SSSR count). The molecule has 0 N–H and O–H groups in total. The van der Waals surface area contributed by atoms with Crippen LogP contribution in [-0.4, -0.2) is 33.3 Å². The van der Waals surface area contributed by atoms with Crippen molar-refractivity contribution in [2.24, 2.45) is 5.41 Å². The van der Waals surface area contributed by atoms with Gasteiger partial charge in [0.2, 0.25) is 5.91 Å². The van der Waals surface area contributed by atoms with Gasteiger partial charge in [-0.3, -0.25) is 14.2 Å². The highest BCUT2D eigenvalue weighted by Crippen LogP contribution is 2.28. The molecule has 136 valence electrons. The lowest BCUT2D eigenvalue weighted by Crippen LogP contribution is -2.43. The van der Waals surface area contributed by atoms with Gasteiger partial charge in [0, 0.05) is 19.5 Å². The van der Waals surface area contributed by atoms with E-state index in [4.69, 9.17) is 16.6 Å². The Bertz CT molecular complexity index is 829. The number of amides is 1. The molecule has 0 fully saturated rings. The van der Waals surface area contributed by atoms with Crippen LogP contribution in [-0.2, 0) is 11.3 Å². The first-order valence-electron chi connectivity index (χ1n) is 8.61. The van der Waals surface area contributed by atoms with Crippen LogP contribution in [0.2, 0.25) is 0 Å². The smallest absolute Gasteiger partial charge is 0.261 e. The number of nitrogens with zero attached hydrogens (tertiary/aromatic N) is 3. The van der Waals surface area contributed by atoms with E-state index in [-0.39, 0.29) is 23.4 Å². The molecular formula is C19H26ClN3O2. The monoisotopic (exact) mass is 363 g/mol. The Hall–Kier alpha value is -1.88. The molecule has 0 spiro atoms. The summed E-state index contributed by atoms with van der Waals surface area (Å²) >= 11 is 5.97. The molecular weight excluding hydrogens is 338 g/mol. The summed E-state index contributed by atoms with van der Waals surface area (Å²) in [6, 6.07) is 7.03. The number of carbonyl (C=O) groups excluding carboxylic acids is 1. The summed E-state index contributed by atoms with van der Waals surface area (Å²) in [5.74, 6) is 0.799. The first-order chi connectivity index (χ1) is 11.8. The SMILES string of the molecule is CCC(c1nc2ccccc2c(=O)n1CC)N(C)C(=O)C(C)(C)CCl. The Balaban J connectivity index is 2.61. The number of halogens is 1. The lowest BCUT2D eigenvalue weighted by molar-refractivity contribution is -0.140. The van der Waals surface area contributed by atoms with Crippen LogP contribution < -0.4 is 5.56 Å². The van der Waals surface area contributed by atoms with Crippen LogP contribution in [0.15, 0.2) is 29.1 Å². The highest BCUT2D eigenvalue weighted by atomic mass is 35.5. The van der Waals surface area contributed by atoms with Gasteiger partial charge in [0.15, 0.2) is 0 Å². The minimum Gasteiger partial charge on any atom is -0.335 e. The number of hydrogen-bond acceptors (Lipinski definition) is 3. The predicted octanol–water partition coefficient (Wildman–Crippen LogP) is 3.59. The summed E-state index contributed by atoms with van der Waals surface area (Å²) in [6.45, 7) is 8.06. The molecule has 1 atom stereocenters. The zero-order chi connectivity index (χ0) is 18.8. The Morgan fingerprint density at radius 2 is 1.96 bits per heavy atom. The van der Waals surface area contributed by atoms with Gasteiger partial charge in [-0.05, 0) is 39.3 Å². The molecule has 1 heterocycles. The van der Waals surface area contributed by atoms with E-state index < -0.39 is 5.41 Å². The molecule has 6 heteroatoms. The normalized spacial score (nSPS) is 13.0. The Morgan fingerprint density at radius 3 is 2.52 bits per heavy atom. The maximum absolute atomic E-state index is 12.8. The molecule has 0 radical (unpaired) electrons. The molecule has 0 saturated carbocycles. The highest BCUT2D eigenvalue weighted by Gasteiger charge is 2.34. The number of hydrogen-bond donors (Lipinski definition) is 0. The van der Waals surface area contributed by atoms with E-state index in [9.17, 15) is 9.59 Å². The molecule has 2 aromatic rings. The minimum absolute atomic E-state index is 0.0561. The van der Waals surface area contributed by atoms with E-state index in [1.807, 2.05) is 45.9 Å². The summed E-state index contributed by atoms with van der Waals surface area (Å²) in [5, 5.41) is 0.595. The lowest BCUT2D eigenvalue weighted by atomic mass is 9.93. The molecule has 0 bridgehead atoms. The fourth-order valence-electron chi connectivity index (χ4n) is 3.05. The van der Waals surface area contributed by atoms with E-state index in [0.717, 1.165) is 0 Å². The Labute approximate surface area is 153 Å². The quantitative estimate of drug-likeness (QED) is 0.737. The van der Waals surface area contributed by atoms with Gasteiger partial charge in [0.05, 0.1) is 22.4 Å². The predicted molar refractivity (Wildman–Crippen MR) is 102 cm³/mol. The van der Waals surface area contributed by atoms with Gasteiger partial charge in [-0.1, -0.05) is 19.1 Å². The van der Waals surface area contributed by atoms with E-state index >= 15 is 0 Å². The fraction of sp³-hybridized carbons (Fsp3) is 0.526. The maximum atomic E-state index is 12.8. The number of para-hydroxylation sites is 1. The minimum atomic E-state index is -0.669. The van der Waals surface area contributed by atoms with Crippen LogP contribution in [0.3, 0.4) is 0 Å². The van der Waals surface area contributed by atoms with Crippen molar-refractivity contribution in [1.82, 2.24) is 14.5 Å². The molecule has 0 aliphatic carbocycles. The molecule has 1 aromatic carbocycles. The summed E-state index contributed by atoms with van der Waals surface area (Å²) < 4.78 is 1.66. The van der Waals surface area contributed by atoms with Gasteiger partial charge in [0.1, 0.15) is 5.82 Å².